The maximum Gasteiger partial charge on any atom is 0.141 e. The van der Waals surface area contributed by atoms with Gasteiger partial charge in [0.05, 0.1) is 9.26 Å². The summed E-state index contributed by atoms with van der Waals surface area (Å²) in [5, 5.41) is 0. The van der Waals surface area contributed by atoms with Crippen LogP contribution in [-0.2, 0) is 5.41 Å². The van der Waals surface area contributed by atoms with Gasteiger partial charge in [-0.05, 0) is 48.9 Å². The average Bonchev–Trinajstić information content (AvgIpc) is 2.36. The monoisotopic (exact) mass is 353 g/mol. The van der Waals surface area contributed by atoms with E-state index in [1.165, 1.54) is 5.56 Å². The van der Waals surface area contributed by atoms with Crippen molar-refractivity contribution in [2.45, 2.75) is 26.2 Å². The van der Waals surface area contributed by atoms with Gasteiger partial charge in [0.15, 0.2) is 0 Å². The van der Waals surface area contributed by atoms with Gasteiger partial charge in [-0.2, -0.15) is 0 Å². The van der Waals surface area contributed by atoms with Gasteiger partial charge in [-0.3, -0.25) is 0 Å². The van der Waals surface area contributed by atoms with Crippen LogP contribution in [0.1, 0.15) is 30.9 Å². The van der Waals surface area contributed by atoms with E-state index >= 15 is 0 Å². The minimum atomic E-state index is -0.246. The molecule has 94 valence electrons. The highest BCUT2D eigenvalue weighted by atomic mass is 127. The van der Waals surface area contributed by atoms with Crippen LogP contribution < -0.4 is 5.73 Å². The largest absolute Gasteiger partial charge is 0.383 e. The van der Waals surface area contributed by atoms with Crippen molar-refractivity contribution in [2.24, 2.45) is 0 Å². The minimum Gasteiger partial charge on any atom is -0.383 e. The lowest BCUT2D eigenvalue weighted by atomic mass is 9.84. The standard InChI is InChI=1S/C14H16IN3/c1-9-11(15)12(16)18-13(17-9)14(2,3)10-7-5-4-6-8-10/h4-8H,1-3H3,(H2,16,17,18). The molecule has 0 aliphatic heterocycles. The fraction of sp³-hybridized carbons (Fsp3) is 0.286. The number of nitrogens with two attached hydrogens (primary N) is 1. The van der Waals surface area contributed by atoms with Gasteiger partial charge < -0.3 is 5.73 Å². The van der Waals surface area contributed by atoms with Gasteiger partial charge in [-0.15, -0.1) is 0 Å². The van der Waals surface area contributed by atoms with E-state index in [9.17, 15) is 0 Å². The van der Waals surface area contributed by atoms with Crippen molar-refractivity contribution >= 4 is 28.4 Å². The summed E-state index contributed by atoms with van der Waals surface area (Å²) in [5.41, 5.74) is 7.81. The quantitative estimate of drug-likeness (QED) is 0.843. The third-order valence-corrected chi connectivity index (χ3v) is 4.43. The van der Waals surface area contributed by atoms with Crippen LogP contribution in [0, 0.1) is 10.5 Å². The van der Waals surface area contributed by atoms with Crippen LogP contribution in [0.5, 0.6) is 0 Å². The van der Waals surface area contributed by atoms with Crippen LogP contribution in [0.25, 0.3) is 0 Å². The predicted octanol–water partition coefficient (Wildman–Crippen LogP) is 3.30. The predicted molar refractivity (Wildman–Crippen MR) is 82.5 cm³/mol. The van der Waals surface area contributed by atoms with E-state index in [2.05, 4.69) is 58.5 Å². The zero-order valence-electron chi connectivity index (χ0n) is 10.7. The van der Waals surface area contributed by atoms with Crippen LogP contribution in [0.3, 0.4) is 0 Å². The Morgan fingerprint density at radius 3 is 2.28 bits per heavy atom. The molecule has 0 amide bonds. The molecule has 1 aromatic carbocycles. The van der Waals surface area contributed by atoms with Crippen molar-refractivity contribution in [3.8, 4) is 0 Å². The molecule has 0 radical (unpaired) electrons. The zero-order valence-corrected chi connectivity index (χ0v) is 12.9. The molecule has 1 heterocycles. The number of aromatic nitrogens is 2. The lowest BCUT2D eigenvalue weighted by Crippen LogP contribution is -2.24. The molecule has 0 aliphatic carbocycles. The highest BCUT2D eigenvalue weighted by molar-refractivity contribution is 14.1. The van der Waals surface area contributed by atoms with Crippen LogP contribution in [-0.4, -0.2) is 9.97 Å². The second-order valence-corrected chi connectivity index (χ2v) is 5.90. The Labute approximate surface area is 121 Å². The van der Waals surface area contributed by atoms with E-state index in [0.717, 1.165) is 15.1 Å². The number of nitrogens with zero attached hydrogens (tertiary/aromatic N) is 2. The molecule has 1 aromatic heterocycles. The van der Waals surface area contributed by atoms with Gasteiger partial charge in [-0.1, -0.05) is 30.3 Å². The smallest absolute Gasteiger partial charge is 0.141 e. The van der Waals surface area contributed by atoms with Crippen molar-refractivity contribution in [1.82, 2.24) is 9.97 Å². The molecule has 0 unspecified atom stereocenters. The lowest BCUT2D eigenvalue weighted by Gasteiger charge is -2.24. The molecule has 0 aliphatic rings. The summed E-state index contributed by atoms with van der Waals surface area (Å²) in [6, 6.07) is 10.2. The molecular weight excluding hydrogens is 337 g/mol. The Morgan fingerprint density at radius 1 is 1.11 bits per heavy atom. The maximum atomic E-state index is 5.94. The summed E-state index contributed by atoms with van der Waals surface area (Å²) in [5.74, 6) is 1.33. The van der Waals surface area contributed by atoms with Crippen molar-refractivity contribution in [3.05, 3.63) is 51.0 Å². The van der Waals surface area contributed by atoms with Crippen molar-refractivity contribution in [1.29, 1.82) is 0 Å². The van der Waals surface area contributed by atoms with Crippen molar-refractivity contribution in [2.75, 3.05) is 5.73 Å². The number of rotatable bonds is 2. The van der Waals surface area contributed by atoms with Gasteiger partial charge >= 0.3 is 0 Å². The Hall–Kier alpha value is -1.17. The number of hydrogen-bond acceptors (Lipinski definition) is 3. The number of aryl methyl sites for hydroxylation is 1. The van der Waals surface area contributed by atoms with Gasteiger partial charge in [0.25, 0.3) is 0 Å². The van der Waals surface area contributed by atoms with E-state index in [0.29, 0.717) is 5.82 Å². The molecule has 0 saturated heterocycles. The first-order valence-corrected chi connectivity index (χ1v) is 6.86. The summed E-state index contributed by atoms with van der Waals surface area (Å²) in [7, 11) is 0. The molecule has 0 saturated carbocycles. The topological polar surface area (TPSA) is 51.8 Å². The molecule has 3 nitrogen and oxygen atoms in total. The fourth-order valence-electron chi connectivity index (χ4n) is 1.84. The fourth-order valence-corrected chi connectivity index (χ4v) is 2.09. The van der Waals surface area contributed by atoms with Gasteiger partial charge in [-0.25, -0.2) is 9.97 Å². The second-order valence-electron chi connectivity index (χ2n) is 4.82. The minimum absolute atomic E-state index is 0.246. The summed E-state index contributed by atoms with van der Waals surface area (Å²) < 4.78 is 0.931. The lowest BCUT2D eigenvalue weighted by molar-refractivity contribution is 0.587. The molecule has 0 atom stereocenters. The SMILES string of the molecule is Cc1nc(C(C)(C)c2ccccc2)nc(N)c1I. The Balaban J connectivity index is 2.54. The molecule has 0 spiro atoms. The van der Waals surface area contributed by atoms with E-state index in [-0.39, 0.29) is 5.41 Å². The average molecular weight is 353 g/mol. The maximum absolute atomic E-state index is 5.94. The van der Waals surface area contributed by atoms with Crippen molar-refractivity contribution < 1.29 is 0 Å². The van der Waals surface area contributed by atoms with Crippen molar-refractivity contribution in [3.63, 3.8) is 0 Å². The number of nitrogen functional groups attached to an aromatic ring is 1. The molecule has 2 aromatic rings. The van der Waals surface area contributed by atoms with Gasteiger partial charge in [0.1, 0.15) is 11.6 Å². The molecule has 2 N–H and O–H groups in total. The molecule has 4 heteroatoms. The van der Waals surface area contributed by atoms with E-state index in [1.807, 2.05) is 25.1 Å². The van der Waals surface area contributed by atoms with E-state index < -0.39 is 0 Å². The first-order chi connectivity index (χ1) is 8.43. The number of anilines is 1. The molecular formula is C14H16IN3. The Morgan fingerprint density at radius 2 is 1.72 bits per heavy atom. The van der Waals surface area contributed by atoms with Crippen LogP contribution >= 0.6 is 22.6 Å². The van der Waals surface area contributed by atoms with Gasteiger partial charge in [0, 0.05) is 5.41 Å². The number of hydrogen-bond donors (Lipinski definition) is 1. The van der Waals surface area contributed by atoms with E-state index in [1.54, 1.807) is 0 Å². The normalized spacial score (nSPS) is 11.6. The number of halogens is 1. The zero-order chi connectivity index (χ0) is 13.3. The van der Waals surface area contributed by atoms with Crippen LogP contribution in [0.15, 0.2) is 30.3 Å². The highest BCUT2D eigenvalue weighted by Crippen LogP contribution is 2.30. The van der Waals surface area contributed by atoms with E-state index in [4.69, 9.17) is 5.73 Å². The van der Waals surface area contributed by atoms with Gasteiger partial charge in [0.2, 0.25) is 0 Å². The molecule has 2 rings (SSSR count). The summed E-state index contributed by atoms with van der Waals surface area (Å²) in [6.07, 6.45) is 0. The summed E-state index contributed by atoms with van der Waals surface area (Å²) in [4.78, 5) is 9.02. The third-order valence-electron chi connectivity index (χ3n) is 3.10. The first kappa shape index (κ1) is 13.3. The van der Waals surface area contributed by atoms with Crippen LogP contribution in [0.2, 0.25) is 0 Å². The Kier molecular flexibility index (Phi) is 3.56. The van der Waals surface area contributed by atoms with Crippen LogP contribution in [0.4, 0.5) is 5.82 Å². The molecule has 0 bridgehead atoms. The third kappa shape index (κ3) is 2.34. The number of benzene rings is 1. The second kappa shape index (κ2) is 4.84. The highest BCUT2D eigenvalue weighted by Gasteiger charge is 2.27. The first-order valence-electron chi connectivity index (χ1n) is 5.78. The molecule has 18 heavy (non-hydrogen) atoms. The summed E-state index contributed by atoms with van der Waals surface area (Å²) >= 11 is 2.18. The molecule has 0 fully saturated rings. The Bertz CT molecular complexity index is 542. The summed E-state index contributed by atoms with van der Waals surface area (Å²) in [6.45, 7) is 6.19.